The number of nitrogens with zero attached hydrogens (tertiary/aromatic N) is 2. The molecule has 3 fully saturated rings. The van der Waals surface area contributed by atoms with Gasteiger partial charge in [0.1, 0.15) is 6.67 Å². The van der Waals surface area contributed by atoms with Crippen molar-refractivity contribution in [2.24, 2.45) is 17.0 Å². The normalized spacial score (nSPS) is 32.9. The van der Waals surface area contributed by atoms with Crippen molar-refractivity contribution < 1.29 is 0 Å². The molecule has 2 saturated carbocycles. The molecule has 4 rings (SSSR count). The molecule has 1 saturated heterocycles. The summed E-state index contributed by atoms with van der Waals surface area (Å²) in [5.41, 5.74) is 3.06. The minimum atomic E-state index is 0.357. The Labute approximate surface area is 126 Å². The van der Waals surface area contributed by atoms with E-state index in [4.69, 9.17) is 0 Å². The topological polar surface area (TPSA) is 32.7 Å². The summed E-state index contributed by atoms with van der Waals surface area (Å²) in [6.07, 6.45) is 6.66. The molecule has 0 radical (unpaired) electrons. The van der Waals surface area contributed by atoms with Crippen LogP contribution in [0.25, 0.3) is 0 Å². The van der Waals surface area contributed by atoms with E-state index in [1.807, 2.05) is 0 Å². The van der Waals surface area contributed by atoms with Crippen LogP contribution in [0.1, 0.15) is 55.1 Å². The first-order valence-electron chi connectivity index (χ1n) is 8.46. The van der Waals surface area contributed by atoms with Gasteiger partial charge in [-0.2, -0.15) is 0 Å². The number of piperidine rings is 1. The van der Waals surface area contributed by atoms with E-state index in [9.17, 15) is 4.91 Å². The average Bonchev–Trinajstić information content (AvgIpc) is 3.19. The second-order valence-corrected chi connectivity index (χ2v) is 7.17. The van der Waals surface area contributed by atoms with Crippen LogP contribution in [0.4, 0.5) is 0 Å². The minimum Gasteiger partial charge on any atom is -0.281 e. The Hall–Kier alpha value is -1.22. The summed E-state index contributed by atoms with van der Waals surface area (Å²) in [4.78, 5) is 12.5. The monoisotopic (exact) mass is 284 g/mol. The van der Waals surface area contributed by atoms with Gasteiger partial charge < -0.3 is 0 Å². The lowest BCUT2D eigenvalue weighted by atomic mass is 9.87. The van der Waals surface area contributed by atoms with Crippen molar-refractivity contribution in [2.75, 3.05) is 19.8 Å². The third kappa shape index (κ3) is 2.64. The zero-order valence-corrected chi connectivity index (χ0v) is 12.6. The maximum atomic E-state index is 10.3. The maximum Gasteiger partial charge on any atom is 0.134 e. The van der Waals surface area contributed by atoms with Gasteiger partial charge in [-0.25, -0.2) is 0 Å². The summed E-state index contributed by atoms with van der Waals surface area (Å²) in [5, 5.41) is 3.00. The minimum absolute atomic E-state index is 0.357. The second-order valence-electron chi connectivity index (χ2n) is 7.17. The highest BCUT2D eigenvalue weighted by Gasteiger charge is 2.48. The Balaban J connectivity index is 1.39. The number of nitroso groups, excluding NO2 is 1. The van der Waals surface area contributed by atoms with Crippen molar-refractivity contribution in [3.8, 4) is 0 Å². The van der Waals surface area contributed by atoms with Gasteiger partial charge in [-0.1, -0.05) is 29.4 Å². The van der Waals surface area contributed by atoms with Crippen LogP contribution in [0.5, 0.6) is 0 Å². The summed E-state index contributed by atoms with van der Waals surface area (Å²) < 4.78 is 0. The molecule has 1 heterocycles. The van der Waals surface area contributed by atoms with E-state index >= 15 is 0 Å². The largest absolute Gasteiger partial charge is 0.281 e. The van der Waals surface area contributed by atoms with Gasteiger partial charge in [0, 0.05) is 13.1 Å². The number of likely N-dealkylation sites (tertiary alicyclic amines) is 1. The van der Waals surface area contributed by atoms with Crippen LogP contribution in [0.3, 0.4) is 0 Å². The zero-order valence-electron chi connectivity index (χ0n) is 12.6. The lowest BCUT2D eigenvalue weighted by Crippen LogP contribution is -2.32. The summed E-state index contributed by atoms with van der Waals surface area (Å²) in [6, 6.07) is 9.51. The molecule has 1 aliphatic heterocycles. The molecule has 3 aliphatic rings. The molecule has 3 unspecified atom stereocenters. The Morgan fingerprint density at radius 2 is 1.71 bits per heavy atom. The van der Waals surface area contributed by atoms with Crippen LogP contribution in [0, 0.1) is 16.7 Å². The molecule has 21 heavy (non-hydrogen) atoms. The van der Waals surface area contributed by atoms with Gasteiger partial charge in [-0.15, -0.1) is 4.91 Å². The van der Waals surface area contributed by atoms with Crippen molar-refractivity contribution >= 4 is 0 Å². The van der Waals surface area contributed by atoms with Gasteiger partial charge in [0.05, 0.1) is 0 Å². The fourth-order valence-electron chi connectivity index (χ4n) is 4.62. The van der Waals surface area contributed by atoms with Gasteiger partial charge >= 0.3 is 0 Å². The first-order valence-corrected chi connectivity index (χ1v) is 8.46. The number of benzene rings is 1. The molecule has 0 N–H and O–H groups in total. The first-order chi connectivity index (χ1) is 10.3. The predicted molar refractivity (Wildman–Crippen MR) is 84.2 cm³/mol. The molecule has 3 atom stereocenters. The van der Waals surface area contributed by atoms with Crippen LogP contribution >= 0.6 is 0 Å². The molecule has 0 aromatic heterocycles. The third-order valence-corrected chi connectivity index (χ3v) is 6.02. The first kappa shape index (κ1) is 13.4. The van der Waals surface area contributed by atoms with Gasteiger partial charge in [0.25, 0.3) is 0 Å². The second kappa shape index (κ2) is 5.53. The van der Waals surface area contributed by atoms with E-state index in [1.54, 1.807) is 5.56 Å². The van der Waals surface area contributed by atoms with Crippen molar-refractivity contribution in [3.05, 3.63) is 40.3 Å². The Morgan fingerprint density at radius 3 is 2.29 bits per heavy atom. The van der Waals surface area contributed by atoms with E-state index in [0.717, 1.165) is 43.7 Å². The van der Waals surface area contributed by atoms with Gasteiger partial charge in [-0.05, 0) is 66.9 Å². The molecule has 0 amide bonds. The predicted octanol–water partition coefficient (Wildman–Crippen LogP) is 4.10. The van der Waals surface area contributed by atoms with E-state index in [1.165, 1.54) is 24.8 Å². The standard InChI is InChI=1S/C18H24N2O/c21-19-12-20-9-7-14(8-10-20)13-1-3-15(4-2-13)17-6-5-16-11-18(16)17/h1-4,14,16-18H,5-12H2. The third-order valence-electron chi connectivity index (χ3n) is 6.02. The van der Waals surface area contributed by atoms with E-state index < -0.39 is 0 Å². The fraction of sp³-hybridized carbons (Fsp3) is 0.667. The summed E-state index contributed by atoms with van der Waals surface area (Å²) in [7, 11) is 0. The maximum absolute atomic E-state index is 10.3. The lowest BCUT2D eigenvalue weighted by Gasteiger charge is -2.30. The zero-order chi connectivity index (χ0) is 14.2. The van der Waals surface area contributed by atoms with Crippen molar-refractivity contribution in [3.63, 3.8) is 0 Å². The molecule has 3 nitrogen and oxygen atoms in total. The van der Waals surface area contributed by atoms with Gasteiger partial charge in [0.2, 0.25) is 0 Å². The average molecular weight is 284 g/mol. The van der Waals surface area contributed by atoms with E-state index in [-0.39, 0.29) is 0 Å². The quantitative estimate of drug-likeness (QED) is 0.780. The number of rotatable bonds is 4. The van der Waals surface area contributed by atoms with E-state index in [2.05, 4.69) is 34.3 Å². The SMILES string of the molecule is O=NCN1CCC(c2ccc(C3CCC4CC43)cc2)CC1. The summed E-state index contributed by atoms with van der Waals surface area (Å²) >= 11 is 0. The Bertz CT molecular complexity index is 504. The molecule has 1 aromatic rings. The van der Waals surface area contributed by atoms with Crippen molar-refractivity contribution in [1.82, 2.24) is 4.90 Å². The Kier molecular flexibility index (Phi) is 3.54. The van der Waals surface area contributed by atoms with Crippen LogP contribution in [-0.2, 0) is 0 Å². The van der Waals surface area contributed by atoms with E-state index in [0.29, 0.717) is 12.6 Å². The summed E-state index contributed by atoms with van der Waals surface area (Å²) in [6.45, 7) is 2.37. The lowest BCUT2D eigenvalue weighted by molar-refractivity contribution is 0.218. The molecular weight excluding hydrogens is 260 g/mol. The van der Waals surface area contributed by atoms with Gasteiger partial charge in [-0.3, -0.25) is 4.90 Å². The smallest absolute Gasteiger partial charge is 0.134 e. The number of fused-ring (bicyclic) bond motifs is 1. The molecule has 1 aromatic carbocycles. The molecule has 0 bridgehead atoms. The van der Waals surface area contributed by atoms with Crippen LogP contribution in [-0.4, -0.2) is 24.7 Å². The molecule has 112 valence electrons. The van der Waals surface area contributed by atoms with Crippen LogP contribution in [0.2, 0.25) is 0 Å². The molecule has 0 spiro atoms. The van der Waals surface area contributed by atoms with Crippen molar-refractivity contribution in [2.45, 2.75) is 43.9 Å². The summed E-state index contributed by atoms with van der Waals surface area (Å²) in [5.74, 6) is 3.59. The van der Waals surface area contributed by atoms with Crippen LogP contribution < -0.4 is 0 Å². The highest BCUT2D eigenvalue weighted by atomic mass is 16.3. The highest BCUT2D eigenvalue weighted by Crippen LogP contribution is 2.59. The number of hydrogen-bond donors (Lipinski definition) is 0. The number of hydrogen-bond acceptors (Lipinski definition) is 3. The Morgan fingerprint density at radius 1 is 1.00 bits per heavy atom. The van der Waals surface area contributed by atoms with Crippen molar-refractivity contribution in [1.29, 1.82) is 0 Å². The highest BCUT2D eigenvalue weighted by molar-refractivity contribution is 5.30. The molecular formula is C18H24N2O. The molecule has 3 heteroatoms. The van der Waals surface area contributed by atoms with Gasteiger partial charge in [0.15, 0.2) is 0 Å². The van der Waals surface area contributed by atoms with Crippen LogP contribution in [0.15, 0.2) is 29.4 Å². The fourth-order valence-corrected chi connectivity index (χ4v) is 4.62. The molecule has 2 aliphatic carbocycles.